The van der Waals surface area contributed by atoms with Crippen molar-refractivity contribution < 1.29 is 12.9 Å². The summed E-state index contributed by atoms with van der Waals surface area (Å²) in [4.78, 5) is 1.63. The second-order valence-corrected chi connectivity index (χ2v) is 4.12. The molecule has 0 aliphatic carbocycles. The van der Waals surface area contributed by atoms with E-state index in [0.717, 1.165) is 32.1 Å². The molecule has 14 heavy (non-hydrogen) atoms. The van der Waals surface area contributed by atoms with Crippen molar-refractivity contribution in [2.75, 3.05) is 13.0 Å². The Balaban J connectivity index is 2.52. The third-order valence-electron chi connectivity index (χ3n) is 2.91. The van der Waals surface area contributed by atoms with Gasteiger partial charge in [0, 0.05) is 6.04 Å². The van der Waals surface area contributed by atoms with Gasteiger partial charge < -0.3 is 17.8 Å². The Morgan fingerprint density at radius 2 is 1.93 bits per heavy atom. The standard InChI is InChI=1S/C9H18BF3N/c1-2-9-6-4-3-5-7-14(9)8-10(11,12)13/h9H,2-8H2,1H3/q-1. The highest BCUT2D eigenvalue weighted by molar-refractivity contribution is 6.58. The van der Waals surface area contributed by atoms with Crippen LogP contribution in [0.4, 0.5) is 12.9 Å². The van der Waals surface area contributed by atoms with Gasteiger partial charge in [-0.15, -0.1) is 0 Å². The average molecular weight is 208 g/mol. The molecule has 0 spiro atoms. The molecule has 84 valence electrons. The van der Waals surface area contributed by atoms with Crippen LogP contribution in [0.1, 0.15) is 39.0 Å². The van der Waals surface area contributed by atoms with Gasteiger partial charge in [0.15, 0.2) is 0 Å². The van der Waals surface area contributed by atoms with Crippen LogP contribution >= 0.6 is 0 Å². The second-order valence-electron chi connectivity index (χ2n) is 4.12. The molecule has 0 saturated carbocycles. The summed E-state index contributed by atoms with van der Waals surface area (Å²) in [5, 5.41) is 0. The summed E-state index contributed by atoms with van der Waals surface area (Å²) >= 11 is 0. The van der Waals surface area contributed by atoms with E-state index in [1.807, 2.05) is 6.92 Å². The predicted molar refractivity (Wildman–Crippen MR) is 53.2 cm³/mol. The number of hydrogen-bond acceptors (Lipinski definition) is 1. The van der Waals surface area contributed by atoms with Crippen molar-refractivity contribution in [3.05, 3.63) is 0 Å². The molecule has 0 radical (unpaired) electrons. The van der Waals surface area contributed by atoms with E-state index in [0.29, 0.717) is 6.54 Å². The number of nitrogens with zero attached hydrogens (tertiary/aromatic N) is 1. The highest BCUT2D eigenvalue weighted by Gasteiger charge is 2.29. The SMILES string of the molecule is CCC1CCCCCN1C[B-](F)(F)F. The van der Waals surface area contributed by atoms with Crippen LogP contribution in [0, 0.1) is 0 Å². The van der Waals surface area contributed by atoms with E-state index in [-0.39, 0.29) is 6.04 Å². The molecular weight excluding hydrogens is 190 g/mol. The fourth-order valence-electron chi connectivity index (χ4n) is 2.21. The highest BCUT2D eigenvalue weighted by atomic mass is 19.4. The van der Waals surface area contributed by atoms with Gasteiger partial charge in [0.1, 0.15) is 0 Å². The van der Waals surface area contributed by atoms with E-state index in [1.54, 1.807) is 4.90 Å². The van der Waals surface area contributed by atoms with E-state index in [9.17, 15) is 12.9 Å². The molecule has 1 heterocycles. The summed E-state index contributed by atoms with van der Waals surface area (Å²) in [6, 6.07) is 0.154. The lowest BCUT2D eigenvalue weighted by atomic mass is 9.89. The zero-order chi connectivity index (χ0) is 10.6. The van der Waals surface area contributed by atoms with Crippen LogP contribution in [-0.2, 0) is 0 Å². The van der Waals surface area contributed by atoms with E-state index < -0.39 is 13.4 Å². The van der Waals surface area contributed by atoms with Crippen LogP contribution in [-0.4, -0.2) is 30.9 Å². The molecule has 0 aromatic heterocycles. The van der Waals surface area contributed by atoms with Gasteiger partial charge >= 0.3 is 6.98 Å². The van der Waals surface area contributed by atoms with Crippen LogP contribution < -0.4 is 0 Å². The molecule has 0 amide bonds. The molecule has 1 aliphatic heterocycles. The van der Waals surface area contributed by atoms with Crippen LogP contribution in [0.2, 0.25) is 0 Å². The topological polar surface area (TPSA) is 3.24 Å². The van der Waals surface area contributed by atoms with Gasteiger partial charge in [0.2, 0.25) is 0 Å². The van der Waals surface area contributed by atoms with Crippen LogP contribution in [0.15, 0.2) is 0 Å². The zero-order valence-corrected chi connectivity index (χ0v) is 8.69. The molecule has 1 atom stereocenters. The molecule has 0 aromatic rings. The fraction of sp³-hybridized carbons (Fsp3) is 1.00. The third-order valence-corrected chi connectivity index (χ3v) is 2.91. The minimum atomic E-state index is -4.65. The van der Waals surface area contributed by atoms with Gasteiger partial charge in [-0.1, -0.05) is 19.8 Å². The van der Waals surface area contributed by atoms with Crippen LogP contribution in [0.3, 0.4) is 0 Å². The van der Waals surface area contributed by atoms with Crippen molar-refractivity contribution in [2.24, 2.45) is 0 Å². The van der Waals surface area contributed by atoms with Crippen LogP contribution in [0.25, 0.3) is 0 Å². The van der Waals surface area contributed by atoms with Crippen molar-refractivity contribution in [2.45, 2.75) is 45.1 Å². The maximum Gasteiger partial charge on any atom is 0.492 e. The fourth-order valence-corrected chi connectivity index (χ4v) is 2.21. The minimum Gasteiger partial charge on any atom is -0.448 e. The number of rotatable bonds is 3. The van der Waals surface area contributed by atoms with E-state index >= 15 is 0 Å². The Labute approximate surface area is 83.7 Å². The van der Waals surface area contributed by atoms with Gasteiger partial charge in [-0.05, 0) is 32.3 Å². The van der Waals surface area contributed by atoms with Gasteiger partial charge in [-0.2, -0.15) is 0 Å². The summed E-state index contributed by atoms with van der Waals surface area (Å²) in [6.45, 7) is -2.05. The van der Waals surface area contributed by atoms with Crippen molar-refractivity contribution in [3.8, 4) is 0 Å². The first kappa shape index (κ1) is 11.9. The Morgan fingerprint density at radius 1 is 1.21 bits per heavy atom. The normalized spacial score (nSPS) is 26.1. The minimum absolute atomic E-state index is 0.154. The molecule has 1 rings (SSSR count). The lowest BCUT2D eigenvalue weighted by molar-refractivity contribution is 0.204. The maximum absolute atomic E-state index is 12.3. The van der Waals surface area contributed by atoms with Crippen molar-refractivity contribution in [1.29, 1.82) is 0 Å². The first-order valence-corrected chi connectivity index (χ1v) is 5.48. The van der Waals surface area contributed by atoms with Crippen molar-refractivity contribution >= 4 is 6.98 Å². The van der Waals surface area contributed by atoms with E-state index in [2.05, 4.69) is 0 Å². The molecule has 1 saturated heterocycles. The first-order chi connectivity index (χ1) is 6.53. The van der Waals surface area contributed by atoms with Crippen LogP contribution in [0.5, 0.6) is 0 Å². The molecule has 1 nitrogen and oxygen atoms in total. The van der Waals surface area contributed by atoms with Gasteiger partial charge in [-0.3, -0.25) is 0 Å². The smallest absolute Gasteiger partial charge is 0.448 e. The monoisotopic (exact) mass is 208 g/mol. The Morgan fingerprint density at radius 3 is 2.50 bits per heavy atom. The predicted octanol–water partition coefficient (Wildman–Crippen LogP) is 3.03. The molecule has 1 unspecified atom stereocenters. The van der Waals surface area contributed by atoms with Gasteiger partial charge in [0.25, 0.3) is 0 Å². The largest absolute Gasteiger partial charge is 0.492 e. The maximum atomic E-state index is 12.3. The number of halogens is 3. The highest BCUT2D eigenvalue weighted by Crippen LogP contribution is 2.22. The lowest BCUT2D eigenvalue weighted by Gasteiger charge is -2.33. The van der Waals surface area contributed by atoms with Gasteiger partial charge in [0.05, 0.1) is 0 Å². The molecular formula is C9H18BF3N-. The molecule has 0 aromatic carbocycles. The number of likely N-dealkylation sites (tertiary alicyclic amines) is 1. The Bertz CT molecular complexity index is 172. The van der Waals surface area contributed by atoms with Crippen molar-refractivity contribution in [1.82, 2.24) is 4.90 Å². The average Bonchev–Trinajstić information content (AvgIpc) is 2.27. The molecule has 0 bridgehead atoms. The van der Waals surface area contributed by atoms with Gasteiger partial charge in [-0.25, -0.2) is 0 Å². The first-order valence-electron chi connectivity index (χ1n) is 5.48. The quantitative estimate of drug-likeness (QED) is 0.644. The lowest BCUT2D eigenvalue weighted by Crippen LogP contribution is -2.43. The zero-order valence-electron chi connectivity index (χ0n) is 8.69. The summed E-state index contributed by atoms with van der Waals surface area (Å²) < 4.78 is 36.9. The summed E-state index contributed by atoms with van der Waals surface area (Å²) in [7, 11) is 0. The van der Waals surface area contributed by atoms with E-state index in [1.165, 1.54) is 0 Å². The van der Waals surface area contributed by atoms with Crippen molar-refractivity contribution in [3.63, 3.8) is 0 Å². The molecule has 1 fully saturated rings. The second kappa shape index (κ2) is 5.05. The molecule has 5 heteroatoms. The summed E-state index contributed by atoms with van der Waals surface area (Å²) in [5.74, 6) is 0. The molecule has 1 aliphatic rings. The number of hydrogen-bond donors (Lipinski definition) is 0. The Kier molecular flexibility index (Phi) is 4.29. The molecule has 0 N–H and O–H groups in total. The Hall–Kier alpha value is -0.185. The van der Waals surface area contributed by atoms with E-state index in [4.69, 9.17) is 0 Å². The third kappa shape index (κ3) is 3.90. The summed E-state index contributed by atoms with van der Waals surface area (Å²) in [5.41, 5.74) is 0. The summed E-state index contributed by atoms with van der Waals surface area (Å²) in [6.07, 6.45) is 4.19.